The number of aromatic nitrogens is 6. The number of furan rings is 1. The number of amides is 1. The van der Waals surface area contributed by atoms with Crippen LogP contribution >= 0.6 is 0 Å². The number of carbonyl (C=O) groups is 1. The minimum absolute atomic E-state index is 0.00562. The molecule has 0 bridgehead atoms. The van der Waals surface area contributed by atoms with Gasteiger partial charge in [0.25, 0.3) is 11.5 Å². The van der Waals surface area contributed by atoms with Gasteiger partial charge in [-0.3, -0.25) is 18.8 Å². The lowest BCUT2D eigenvalue weighted by molar-refractivity contribution is 0.0933. The average molecular weight is 480 g/mol. The quantitative estimate of drug-likeness (QED) is 0.371. The number of nitrogens with zero attached hydrogens (tertiary/aromatic N) is 6. The molecule has 5 rings (SSSR count). The topological polar surface area (TPSA) is 147 Å². The van der Waals surface area contributed by atoms with Crippen molar-refractivity contribution in [1.29, 1.82) is 0 Å². The predicted molar refractivity (Wildman–Crippen MR) is 131 cm³/mol. The Hall–Kier alpha value is -5.24. The van der Waals surface area contributed by atoms with Gasteiger partial charge < -0.3 is 15.5 Å². The van der Waals surface area contributed by atoms with Crippen LogP contribution in [0.2, 0.25) is 0 Å². The van der Waals surface area contributed by atoms with Crippen LogP contribution in [0.25, 0.3) is 16.8 Å². The second-order valence-electron chi connectivity index (χ2n) is 7.91. The van der Waals surface area contributed by atoms with Gasteiger partial charge in [0.15, 0.2) is 11.5 Å². The molecule has 0 aliphatic heterocycles. The summed E-state index contributed by atoms with van der Waals surface area (Å²) in [6.45, 7) is 1.70. The van der Waals surface area contributed by atoms with Gasteiger partial charge in [0.05, 0.1) is 29.1 Å². The highest BCUT2D eigenvalue weighted by molar-refractivity contribution is 5.96. The molecule has 0 aliphatic carbocycles. The summed E-state index contributed by atoms with van der Waals surface area (Å²) in [5.41, 5.74) is 7.15. The second-order valence-corrected chi connectivity index (χ2v) is 7.91. The molecule has 1 unspecified atom stereocenters. The van der Waals surface area contributed by atoms with E-state index in [1.54, 1.807) is 55.3 Å². The maximum atomic E-state index is 13.8. The Morgan fingerprint density at radius 3 is 2.67 bits per heavy atom. The van der Waals surface area contributed by atoms with Crippen LogP contribution in [0, 0.1) is 11.8 Å². The number of hydrogen-bond donors (Lipinski definition) is 2. The first kappa shape index (κ1) is 22.5. The largest absolute Gasteiger partial charge is 0.445 e. The van der Waals surface area contributed by atoms with Crippen LogP contribution in [-0.4, -0.2) is 35.2 Å². The molecule has 11 heteroatoms. The van der Waals surface area contributed by atoms with Gasteiger partial charge in [0.1, 0.15) is 17.5 Å². The van der Waals surface area contributed by atoms with E-state index < -0.39 is 11.9 Å². The molecule has 36 heavy (non-hydrogen) atoms. The SMILES string of the molecule is CC(NC(=O)c1nccnc1N)c1nc2occ(C#Cc3cnn(C)c3)c2c(=O)n1-c1ccccc1. The smallest absolute Gasteiger partial charge is 0.274 e. The Morgan fingerprint density at radius 1 is 1.17 bits per heavy atom. The Morgan fingerprint density at radius 2 is 1.94 bits per heavy atom. The van der Waals surface area contributed by atoms with Gasteiger partial charge in [-0.25, -0.2) is 9.97 Å². The van der Waals surface area contributed by atoms with Gasteiger partial charge in [-0.05, 0) is 19.1 Å². The first-order chi connectivity index (χ1) is 17.4. The molecule has 1 atom stereocenters. The number of nitrogens with two attached hydrogens (primary N) is 1. The molecule has 0 fully saturated rings. The summed E-state index contributed by atoms with van der Waals surface area (Å²) in [5.74, 6) is 5.66. The molecule has 0 radical (unpaired) electrons. The maximum Gasteiger partial charge on any atom is 0.274 e. The lowest BCUT2D eigenvalue weighted by Gasteiger charge is -2.18. The molecular weight excluding hydrogens is 460 g/mol. The molecule has 4 aromatic heterocycles. The normalized spacial score (nSPS) is 11.6. The van der Waals surface area contributed by atoms with Gasteiger partial charge in [-0.1, -0.05) is 30.0 Å². The molecule has 1 amide bonds. The molecule has 1 aromatic carbocycles. The molecular formula is C25H20N8O3. The Labute approximate surface area is 204 Å². The monoisotopic (exact) mass is 480 g/mol. The highest BCUT2D eigenvalue weighted by Crippen LogP contribution is 2.21. The van der Waals surface area contributed by atoms with E-state index in [4.69, 9.17) is 10.2 Å². The number of nitrogens with one attached hydrogen (secondary N) is 1. The number of nitrogen functional groups attached to an aromatic ring is 1. The van der Waals surface area contributed by atoms with Crippen molar-refractivity contribution in [2.75, 3.05) is 5.73 Å². The zero-order valence-corrected chi connectivity index (χ0v) is 19.3. The summed E-state index contributed by atoms with van der Waals surface area (Å²) in [6, 6.07) is 8.27. The Balaban J connectivity index is 1.62. The number of aryl methyl sites for hydroxylation is 1. The van der Waals surface area contributed by atoms with Gasteiger partial charge in [0, 0.05) is 25.6 Å². The first-order valence-electron chi connectivity index (χ1n) is 10.9. The molecule has 4 heterocycles. The van der Waals surface area contributed by atoms with Crippen LogP contribution in [0.4, 0.5) is 5.82 Å². The van der Waals surface area contributed by atoms with Crippen LogP contribution in [-0.2, 0) is 7.05 Å². The zero-order chi connectivity index (χ0) is 25.2. The van der Waals surface area contributed by atoms with Crippen molar-refractivity contribution in [2.24, 2.45) is 7.05 Å². The predicted octanol–water partition coefficient (Wildman–Crippen LogP) is 1.98. The van der Waals surface area contributed by atoms with Crippen LogP contribution in [0.3, 0.4) is 0 Å². The number of para-hydroxylation sites is 1. The molecule has 3 N–H and O–H groups in total. The van der Waals surface area contributed by atoms with Crippen LogP contribution < -0.4 is 16.6 Å². The lowest BCUT2D eigenvalue weighted by Crippen LogP contribution is -2.34. The summed E-state index contributed by atoms with van der Waals surface area (Å²) in [6.07, 6.45) is 7.55. The molecule has 5 aromatic rings. The van der Waals surface area contributed by atoms with Crippen molar-refractivity contribution in [3.63, 3.8) is 0 Å². The fraction of sp³-hybridized carbons (Fsp3) is 0.120. The lowest BCUT2D eigenvalue weighted by atomic mass is 10.2. The van der Waals surface area contributed by atoms with Crippen molar-refractivity contribution in [2.45, 2.75) is 13.0 Å². The van der Waals surface area contributed by atoms with E-state index in [9.17, 15) is 9.59 Å². The highest BCUT2D eigenvalue weighted by atomic mass is 16.3. The zero-order valence-electron chi connectivity index (χ0n) is 19.3. The summed E-state index contributed by atoms with van der Waals surface area (Å²) in [4.78, 5) is 39.1. The fourth-order valence-corrected chi connectivity index (χ4v) is 3.69. The third-order valence-electron chi connectivity index (χ3n) is 5.37. The third-order valence-corrected chi connectivity index (χ3v) is 5.37. The van der Waals surface area contributed by atoms with Crippen molar-refractivity contribution in [3.05, 3.63) is 94.4 Å². The Kier molecular flexibility index (Phi) is 5.75. The maximum absolute atomic E-state index is 13.8. The van der Waals surface area contributed by atoms with E-state index in [-0.39, 0.29) is 34.0 Å². The number of rotatable bonds is 4. The van der Waals surface area contributed by atoms with E-state index in [2.05, 4.69) is 37.2 Å². The summed E-state index contributed by atoms with van der Waals surface area (Å²) in [5, 5.41) is 7.11. The standard InChI is InChI=1S/C25H20N8O3/c1-15(30-23(34)20-21(26)28-11-10-27-20)22-31-24-19(25(35)33(22)18-6-4-3-5-7-18)17(14-36-24)9-8-16-12-29-32(2)13-16/h3-7,10-15H,1-2H3,(H2,26,28)(H,30,34). The molecule has 0 spiro atoms. The van der Waals surface area contributed by atoms with Crippen LogP contribution in [0.1, 0.15) is 40.4 Å². The van der Waals surface area contributed by atoms with Gasteiger partial charge in [-0.2, -0.15) is 10.1 Å². The average Bonchev–Trinajstić information content (AvgIpc) is 3.49. The van der Waals surface area contributed by atoms with Crippen molar-refractivity contribution >= 4 is 22.8 Å². The van der Waals surface area contributed by atoms with Crippen molar-refractivity contribution in [3.8, 4) is 17.5 Å². The number of fused-ring (bicyclic) bond motifs is 1. The number of hydrogen-bond acceptors (Lipinski definition) is 8. The van der Waals surface area contributed by atoms with Crippen molar-refractivity contribution < 1.29 is 9.21 Å². The third kappa shape index (κ3) is 4.19. The van der Waals surface area contributed by atoms with Crippen molar-refractivity contribution in [1.82, 2.24) is 34.6 Å². The molecule has 11 nitrogen and oxygen atoms in total. The summed E-state index contributed by atoms with van der Waals surface area (Å²) < 4.78 is 8.68. The van der Waals surface area contributed by atoms with E-state index in [0.717, 1.165) is 0 Å². The van der Waals surface area contributed by atoms with Crippen LogP contribution in [0.15, 0.2) is 70.6 Å². The van der Waals surface area contributed by atoms with E-state index in [1.807, 2.05) is 6.07 Å². The van der Waals surface area contributed by atoms with E-state index >= 15 is 0 Å². The highest BCUT2D eigenvalue weighted by Gasteiger charge is 2.24. The van der Waals surface area contributed by atoms with Gasteiger partial charge in [-0.15, -0.1) is 0 Å². The summed E-state index contributed by atoms with van der Waals surface area (Å²) >= 11 is 0. The summed E-state index contributed by atoms with van der Waals surface area (Å²) in [7, 11) is 1.79. The fourth-order valence-electron chi connectivity index (χ4n) is 3.69. The number of benzene rings is 1. The van der Waals surface area contributed by atoms with E-state index in [1.165, 1.54) is 23.2 Å². The minimum atomic E-state index is -0.716. The molecule has 0 aliphatic rings. The number of carbonyl (C=O) groups excluding carboxylic acids is 1. The minimum Gasteiger partial charge on any atom is -0.445 e. The Bertz CT molecular complexity index is 1710. The van der Waals surface area contributed by atoms with Crippen LogP contribution in [0.5, 0.6) is 0 Å². The first-order valence-corrected chi connectivity index (χ1v) is 10.9. The molecule has 0 saturated carbocycles. The van der Waals surface area contributed by atoms with Gasteiger partial charge >= 0.3 is 0 Å². The number of anilines is 1. The van der Waals surface area contributed by atoms with E-state index in [0.29, 0.717) is 16.8 Å². The van der Waals surface area contributed by atoms with Gasteiger partial charge in [0.2, 0.25) is 5.71 Å². The molecule has 0 saturated heterocycles. The molecule has 178 valence electrons. The second kappa shape index (κ2) is 9.19.